The van der Waals surface area contributed by atoms with Crippen molar-refractivity contribution in [2.75, 3.05) is 0 Å². The summed E-state index contributed by atoms with van der Waals surface area (Å²) in [6, 6.07) is 0.220. The van der Waals surface area contributed by atoms with E-state index in [1.165, 1.54) is 9.26 Å². The molecule has 1 aromatic heterocycles. The summed E-state index contributed by atoms with van der Waals surface area (Å²) in [4.78, 5) is 11.5. The molecule has 0 saturated carbocycles. The molecule has 0 atom stereocenters. The van der Waals surface area contributed by atoms with Crippen LogP contribution in [0.15, 0.2) is 0 Å². The number of amides is 1. The summed E-state index contributed by atoms with van der Waals surface area (Å²) < 4.78 is 3.20. The molecule has 0 aliphatic heterocycles. The van der Waals surface area contributed by atoms with E-state index in [9.17, 15) is 4.79 Å². The highest BCUT2D eigenvalue weighted by Crippen LogP contribution is 2.15. The normalized spacial score (nSPS) is 10.9. The fourth-order valence-corrected chi connectivity index (χ4v) is 2.06. The van der Waals surface area contributed by atoms with Crippen molar-refractivity contribution < 1.29 is 4.79 Å². The van der Waals surface area contributed by atoms with Crippen LogP contribution in [0.1, 0.15) is 38.1 Å². The molecule has 0 spiro atoms. The van der Waals surface area contributed by atoms with Gasteiger partial charge in [0, 0.05) is 24.7 Å². The molecule has 0 aliphatic carbocycles. The number of hydrogen-bond acceptors (Lipinski definition) is 2. The topological polar surface area (TPSA) is 46.9 Å². The molecule has 0 saturated heterocycles. The molecule has 0 radical (unpaired) electrons. The third kappa shape index (κ3) is 4.29. The monoisotopic (exact) mass is 349 g/mol. The number of nitrogens with zero attached hydrogens (tertiary/aromatic N) is 2. The lowest BCUT2D eigenvalue weighted by molar-refractivity contribution is -0.121. The van der Waals surface area contributed by atoms with Crippen LogP contribution < -0.4 is 5.32 Å². The summed E-state index contributed by atoms with van der Waals surface area (Å²) in [7, 11) is 0. The maximum Gasteiger partial charge on any atom is 0.220 e. The van der Waals surface area contributed by atoms with E-state index in [1.54, 1.807) is 0 Å². The molecule has 0 aliphatic rings. The first kappa shape index (κ1) is 14.5. The summed E-state index contributed by atoms with van der Waals surface area (Å²) in [5, 5.41) is 7.34. The SMILES string of the molecule is Cc1nn(CCCC(=O)NC(C)C)c(C)c1I. The van der Waals surface area contributed by atoms with Crippen molar-refractivity contribution >= 4 is 28.5 Å². The Hall–Kier alpha value is -0.590. The molecule has 96 valence electrons. The van der Waals surface area contributed by atoms with Gasteiger partial charge in [0.2, 0.25) is 5.91 Å². The number of aromatic nitrogens is 2. The second-order valence-electron chi connectivity index (χ2n) is 4.53. The molecule has 1 rings (SSSR count). The fourth-order valence-electron chi connectivity index (χ4n) is 1.68. The number of carbonyl (C=O) groups excluding carboxylic acids is 1. The van der Waals surface area contributed by atoms with Gasteiger partial charge in [-0.2, -0.15) is 5.10 Å². The zero-order valence-corrected chi connectivity index (χ0v) is 13.0. The van der Waals surface area contributed by atoms with Gasteiger partial charge in [0.1, 0.15) is 0 Å². The molecular weight excluding hydrogens is 329 g/mol. The van der Waals surface area contributed by atoms with Crippen LogP contribution in [0.3, 0.4) is 0 Å². The Bertz CT molecular complexity index is 399. The van der Waals surface area contributed by atoms with Crippen molar-refractivity contribution in [3.8, 4) is 0 Å². The molecule has 1 aromatic rings. The van der Waals surface area contributed by atoms with Gasteiger partial charge in [0.15, 0.2) is 0 Å². The smallest absolute Gasteiger partial charge is 0.220 e. The minimum Gasteiger partial charge on any atom is -0.354 e. The zero-order chi connectivity index (χ0) is 13.0. The molecule has 0 bridgehead atoms. The van der Waals surface area contributed by atoms with Crippen molar-refractivity contribution in [2.45, 2.75) is 53.1 Å². The molecule has 17 heavy (non-hydrogen) atoms. The van der Waals surface area contributed by atoms with Crippen molar-refractivity contribution in [2.24, 2.45) is 0 Å². The number of hydrogen-bond donors (Lipinski definition) is 1. The molecule has 4 nitrogen and oxygen atoms in total. The van der Waals surface area contributed by atoms with Gasteiger partial charge in [0.25, 0.3) is 0 Å². The highest BCUT2D eigenvalue weighted by molar-refractivity contribution is 14.1. The minimum absolute atomic E-state index is 0.122. The number of carbonyl (C=O) groups is 1. The van der Waals surface area contributed by atoms with E-state index in [2.05, 4.69) is 39.9 Å². The molecule has 1 N–H and O–H groups in total. The molecule has 1 amide bonds. The van der Waals surface area contributed by atoms with E-state index in [-0.39, 0.29) is 11.9 Å². The quantitative estimate of drug-likeness (QED) is 0.830. The Kier molecular flexibility index (Phi) is 5.42. The van der Waals surface area contributed by atoms with Crippen molar-refractivity contribution in [3.63, 3.8) is 0 Å². The Morgan fingerprint density at radius 1 is 1.47 bits per heavy atom. The van der Waals surface area contributed by atoms with Gasteiger partial charge in [-0.15, -0.1) is 0 Å². The Morgan fingerprint density at radius 3 is 2.59 bits per heavy atom. The summed E-state index contributed by atoms with van der Waals surface area (Å²) >= 11 is 2.31. The largest absolute Gasteiger partial charge is 0.354 e. The van der Waals surface area contributed by atoms with Crippen molar-refractivity contribution in [1.29, 1.82) is 0 Å². The van der Waals surface area contributed by atoms with E-state index in [1.807, 2.05) is 25.5 Å². The summed E-state index contributed by atoms with van der Waals surface area (Å²) in [6.45, 7) is 8.83. The summed E-state index contributed by atoms with van der Waals surface area (Å²) in [5.74, 6) is 0.122. The molecule has 0 fully saturated rings. The van der Waals surface area contributed by atoms with E-state index >= 15 is 0 Å². The predicted molar refractivity (Wildman–Crippen MR) is 76.9 cm³/mol. The van der Waals surface area contributed by atoms with Crippen LogP contribution in [0.5, 0.6) is 0 Å². The van der Waals surface area contributed by atoms with Gasteiger partial charge in [-0.05, 0) is 56.7 Å². The van der Waals surface area contributed by atoms with Gasteiger partial charge in [0.05, 0.1) is 9.26 Å². The summed E-state index contributed by atoms with van der Waals surface area (Å²) in [6.07, 6.45) is 1.39. The fraction of sp³-hybridized carbons (Fsp3) is 0.667. The van der Waals surface area contributed by atoms with Crippen LogP contribution in [0.2, 0.25) is 0 Å². The van der Waals surface area contributed by atoms with Gasteiger partial charge < -0.3 is 5.32 Å². The number of rotatable bonds is 5. The predicted octanol–water partition coefficient (Wildman–Crippen LogP) is 2.41. The maximum atomic E-state index is 11.5. The first-order valence-electron chi connectivity index (χ1n) is 5.90. The van der Waals surface area contributed by atoms with Gasteiger partial charge in [-0.3, -0.25) is 9.48 Å². The van der Waals surface area contributed by atoms with Gasteiger partial charge in [-0.1, -0.05) is 0 Å². The van der Waals surface area contributed by atoms with Crippen molar-refractivity contribution in [1.82, 2.24) is 15.1 Å². The van der Waals surface area contributed by atoms with E-state index < -0.39 is 0 Å². The van der Waals surface area contributed by atoms with Crippen LogP contribution in [0.4, 0.5) is 0 Å². The Morgan fingerprint density at radius 2 is 2.12 bits per heavy atom. The standard InChI is InChI=1S/C12H20IN3O/c1-8(2)14-11(17)6-5-7-16-10(4)12(13)9(3)15-16/h8H,5-7H2,1-4H3,(H,14,17). The Balaban J connectivity index is 2.41. The third-order valence-corrected chi connectivity index (χ3v) is 4.08. The second kappa shape index (κ2) is 6.37. The summed E-state index contributed by atoms with van der Waals surface area (Å²) in [5.41, 5.74) is 2.25. The van der Waals surface area contributed by atoms with Gasteiger partial charge in [-0.25, -0.2) is 0 Å². The lowest BCUT2D eigenvalue weighted by atomic mass is 10.2. The highest BCUT2D eigenvalue weighted by atomic mass is 127. The van der Waals surface area contributed by atoms with E-state index in [0.717, 1.165) is 18.7 Å². The Labute approximate surface area is 116 Å². The molecule has 1 heterocycles. The minimum atomic E-state index is 0.122. The third-order valence-electron chi connectivity index (χ3n) is 2.52. The average Bonchev–Trinajstić information content (AvgIpc) is 2.45. The van der Waals surface area contributed by atoms with Gasteiger partial charge >= 0.3 is 0 Å². The maximum absolute atomic E-state index is 11.5. The second-order valence-corrected chi connectivity index (χ2v) is 5.61. The average molecular weight is 349 g/mol. The number of halogens is 1. The molecule has 5 heteroatoms. The first-order chi connectivity index (χ1) is 7.91. The first-order valence-corrected chi connectivity index (χ1v) is 6.98. The number of aryl methyl sites for hydroxylation is 2. The lowest BCUT2D eigenvalue weighted by Gasteiger charge is -2.08. The van der Waals surface area contributed by atoms with Crippen LogP contribution >= 0.6 is 22.6 Å². The van der Waals surface area contributed by atoms with Crippen LogP contribution in [0.25, 0.3) is 0 Å². The molecular formula is C12H20IN3O. The molecule has 0 unspecified atom stereocenters. The zero-order valence-electron chi connectivity index (χ0n) is 10.9. The van der Waals surface area contributed by atoms with Crippen molar-refractivity contribution in [3.05, 3.63) is 15.0 Å². The van der Waals surface area contributed by atoms with Crippen LogP contribution in [-0.4, -0.2) is 21.7 Å². The van der Waals surface area contributed by atoms with E-state index in [4.69, 9.17) is 0 Å². The number of nitrogens with one attached hydrogen (secondary N) is 1. The van der Waals surface area contributed by atoms with Crippen LogP contribution in [-0.2, 0) is 11.3 Å². The highest BCUT2D eigenvalue weighted by Gasteiger charge is 2.09. The molecule has 0 aromatic carbocycles. The lowest BCUT2D eigenvalue weighted by Crippen LogP contribution is -2.30. The van der Waals surface area contributed by atoms with Crippen LogP contribution in [0, 0.1) is 17.4 Å². The van der Waals surface area contributed by atoms with E-state index in [0.29, 0.717) is 6.42 Å².